The van der Waals surface area contributed by atoms with Gasteiger partial charge in [-0.1, -0.05) is 31.9 Å². The maximum atomic E-state index is 12.9. The minimum absolute atomic E-state index is 0.149. The first-order chi connectivity index (χ1) is 8.72. The van der Waals surface area contributed by atoms with Gasteiger partial charge in [0.2, 0.25) is 0 Å². The van der Waals surface area contributed by atoms with Crippen LogP contribution in [0.25, 0.3) is 0 Å². The SMILES string of the molecule is CCC1CCC(CN)C(Cc2ccc(F)cc2)C1. The Balaban J connectivity index is 2.02. The quantitative estimate of drug-likeness (QED) is 0.863. The summed E-state index contributed by atoms with van der Waals surface area (Å²) in [5, 5.41) is 0. The average molecular weight is 249 g/mol. The Morgan fingerprint density at radius 3 is 2.50 bits per heavy atom. The summed E-state index contributed by atoms with van der Waals surface area (Å²) in [7, 11) is 0. The summed E-state index contributed by atoms with van der Waals surface area (Å²) in [6, 6.07) is 6.96. The van der Waals surface area contributed by atoms with Crippen LogP contribution < -0.4 is 5.73 Å². The predicted molar refractivity (Wildman–Crippen MR) is 73.8 cm³/mol. The fraction of sp³-hybridized carbons (Fsp3) is 0.625. The highest BCUT2D eigenvalue weighted by molar-refractivity contribution is 5.17. The summed E-state index contributed by atoms with van der Waals surface area (Å²) in [5.74, 6) is 2.04. The van der Waals surface area contributed by atoms with Gasteiger partial charge in [0.25, 0.3) is 0 Å². The van der Waals surface area contributed by atoms with Crippen molar-refractivity contribution in [3.63, 3.8) is 0 Å². The van der Waals surface area contributed by atoms with Gasteiger partial charge in [-0.05, 0) is 61.3 Å². The predicted octanol–water partition coefficient (Wildman–Crippen LogP) is 3.77. The largest absolute Gasteiger partial charge is 0.330 e. The maximum Gasteiger partial charge on any atom is 0.123 e. The number of benzene rings is 1. The third-order valence-corrected chi connectivity index (χ3v) is 4.54. The molecule has 0 bridgehead atoms. The molecule has 0 radical (unpaired) electrons. The second-order valence-corrected chi connectivity index (χ2v) is 5.67. The van der Waals surface area contributed by atoms with Gasteiger partial charge in [-0.25, -0.2) is 4.39 Å². The molecule has 3 unspecified atom stereocenters. The molecule has 1 aliphatic rings. The summed E-state index contributed by atoms with van der Waals surface area (Å²) in [6.07, 6.45) is 6.21. The molecule has 1 nitrogen and oxygen atoms in total. The molecule has 2 heteroatoms. The van der Waals surface area contributed by atoms with Crippen LogP contribution in [0.2, 0.25) is 0 Å². The molecule has 1 aromatic rings. The molecule has 1 aliphatic carbocycles. The zero-order valence-corrected chi connectivity index (χ0v) is 11.2. The smallest absolute Gasteiger partial charge is 0.123 e. The van der Waals surface area contributed by atoms with E-state index in [4.69, 9.17) is 5.73 Å². The van der Waals surface area contributed by atoms with Crippen molar-refractivity contribution < 1.29 is 4.39 Å². The van der Waals surface area contributed by atoms with Crippen LogP contribution in [0.3, 0.4) is 0 Å². The van der Waals surface area contributed by atoms with E-state index in [1.807, 2.05) is 12.1 Å². The van der Waals surface area contributed by atoms with Crippen molar-refractivity contribution in [3.8, 4) is 0 Å². The lowest BCUT2D eigenvalue weighted by Gasteiger charge is -2.35. The average Bonchev–Trinajstić information content (AvgIpc) is 2.41. The van der Waals surface area contributed by atoms with Crippen molar-refractivity contribution in [2.75, 3.05) is 6.54 Å². The molecule has 1 saturated carbocycles. The van der Waals surface area contributed by atoms with Gasteiger partial charge >= 0.3 is 0 Å². The monoisotopic (exact) mass is 249 g/mol. The normalized spacial score (nSPS) is 28.3. The molecular weight excluding hydrogens is 225 g/mol. The van der Waals surface area contributed by atoms with Crippen LogP contribution in [-0.4, -0.2) is 6.54 Å². The van der Waals surface area contributed by atoms with Gasteiger partial charge in [-0.3, -0.25) is 0 Å². The van der Waals surface area contributed by atoms with Gasteiger partial charge < -0.3 is 5.73 Å². The van der Waals surface area contributed by atoms with Crippen LogP contribution in [0, 0.1) is 23.6 Å². The Labute approximate surface area is 110 Å². The van der Waals surface area contributed by atoms with E-state index >= 15 is 0 Å². The van der Waals surface area contributed by atoms with Crippen LogP contribution in [0.1, 0.15) is 38.2 Å². The highest BCUT2D eigenvalue weighted by Gasteiger charge is 2.28. The Bertz CT molecular complexity index is 360. The van der Waals surface area contributed by atoms with E-state index < -0.39 is 0 Å². The molecular formula is C16H24FN. The molecule has 0 aromatic heterocycles. The molecule has 0 aliphatic heterocycles. The van der Waals surface area contributed by atoms with Crippen molar-refractivity contribution in [2.45, 2.75) is 39.0 Å². The van der Waals surface area contributed by atoms with E-state index in [0.29, 0.717) is 11.8 Å². The Hall–Kier alpha value is -0.890. The van der Waals surface area contributed by atoms with Gasteiger partial charge in [-0.2, -0.15) is 0 Å². The maximum absolute atomic E-state index is 12.9. The number of hydrogen-bond acceptors (Lipinski definition) is 1. The number of rotatable bonds is 4. The minimum Gasteiger partial charge on any atom is -0.330 e. The van der Waals surface area contributed by atoms with Crippen molar-refractivity contribution in [1.29, 1.82) is 0 Å². The first-order valence-electron chi connectivity index (χ1n) is 7.17. The van der Waals surface area contributed by atoms with Crippen LogP contribution in [0.15, 0.2) is 24.3 Å². The third-order valence-electron chi connectivity index (χ3n) is 4.54. The molecule has 2 N–H and O–H groups in total. The lowest BCUT2D eigenvalue weighted by molar-refractivity contribution is 0.180. The van der Waals surface area contributed by atoms with Gasteiger partial charge in [0.1, 0.15) is 5.82 Å². The molecule has 0 saturated heterocycles. The summed E-state index contributed by atoms with van der Waals surface area (Å²) in [5.41, 5.74) is 7.15. The highest BCUT2D eigenvalue weighted by atomic mass is 19.1. The highest BCUT2D eigenvalue weighted by Crippen LogP contribution is 2.36. The molecule has 18 heavy (non-hydrogen) atoms. The van der Waals surface area contributed by atoms with Gasteiger partial charge in [0.05, 0.1) is 0 Å². The van der Waals surface area contributed by atoms with Crippen LogP contribution >= 0.6 is 0 Å². The number of halogens is 1. The van der Waals surface area contributed by atoms with Gasteiger partial charge in [0, 0.05) is 0 Å². The van der Waals surface area contributed by atoms with E-state index in [9.17, 15) is 4.39 Å². The zero-order chi connectivity index (χ0) is 13.0. The number of hydrogen-bond donors (Lipinski definition) is 1. The standard InChI is InChI=1S/C16H24FN/c1-2-12-3-6-14(11-18)15(9-12)10-13-4-7-16(17)8-5-13/h4-5,7-8,12,14-15H,2-3,6,9-11,18H2,1H3. The second-order valence-electron chi connectivity index (χ2n) is 5.67. The second kappa shape index (κ2) is 6.33. The summed E-state index contributed by atoms with van der Waals surface area (Å²) < 4.78 is 12.9. The first kappa shape index (κ1) is 13.5. The van der Waals surface area contributed by atoms with E-state index in [1.54, 1.807) is 12.1 Å². The first-order valence-corrected chi connectivity index (χ1v) is 7.17. The lowest BCUT2D eigenvalue weighted by atomic mass is 9.71. The van der Waals surface area contributed by atoms with E-state index in [0.717, 1.165) is 18.9 Å². The van der Waals surface area contributed by atoms with Crippen molar-refractivity contribution >= 4 is 0 Å². The Morgan fingerprint density at radius 2 is 1.89 bits per heavy atom. The van der Waals surface area contributed by atoms with Gasteiger partial charge in [0.15, 0.2) is 0 Å². The molecule has 1 fully saturated rings. The topological polar surface area (TPSA) is 26.0 Å². The molecule has 0 heterocycles. The van der Waals surface area contributed by atoms with Crippen molar-refractivity contribution in [1.82, 2.24) is 0 Å². The molecule has 3 atom stereocenters. The van der Waals surface area contributed by atoms with Crippen molar-refractivity contribution in [3.05, 3.63) is 35.6 Å². The summed E-state index contributed by atoms with van der Waals surface area (Å²) in [4.78, 5) is 0. The van der Waals surface area contributed by atoms with E-state index in [1.165, 1.54) is 31.2 Å². The molecule has 100 valence electrons. The fourth-order valence-corrected chi connectivity index (χ4v) is 3.28. The van der Waals surface area contributed by atoms with E-state index in [-0.39, 0.29) is 5.82 Å². The Kier molecular flexibility index (Phi) is 4.76. The fourth-order valence-electron chi connectivity index (χ4n) is 3.28. The lowest BCUT2D eigenvalue weighted by Crippen LogP contribution is -2.31. The van der Waals surface area contributed by atoms with E-state index in [2.05, 4.69) is 6.92 Å². The molecule has 1 aromatic carbocycles. The third kappa shape index (κ3) is 3.32. The minimum atomic E-state index is -0.149. The summed E-state index contributed by atoms with van der Waals surface area (Å²) in [6.45, 7) is 3.07. The molecule has 0 spiro atoms. The molecule has 0 amide bonds. The summed E-state index contributed by atoms with van der Waals surface area (Å²) >= 11 is 0. The zero-order valence-electron chi connectivity index (χ0n) is 11.2. The molecule has 2 rings (SSSR count). The van der Waals surface area contributed by atoms with Crippen LogP contribution in [0.5, 0.6) is 0 Å². The van der Waals surface area contributed by atoms with Gasteiger partial charge in [-0.15, -0.1) is 0 Å². The van der Waals surface area contributed by atoms with Crippen molar-refractivity contribution in [2.24, 2.45) is 23.5 Å². The van der Waals surface area contributed by atoms with Crippen LogP contribution in [0.4, 0.5) is 4.39 Å². The number of nitrogens with two attached hydrogens (primary N) is 1. The Morgan fingerprint density at radius 1 is 1.17 bits per heavy atom. The van der Waals surface area contributed by atoms with Crippen LogP contribution in [-0.2, 0) is 6.42 Å².